The summed E-state index contributed by atoms with van der Waals surface area (Å²) in [7, 11) is 1.49. The molecular formula is C7H11N3O2. The molecular weight excluding hydrogens is 158 g/mol. The van der Waals surface area contributed by atoms with Crippen LogP contribution in [0, 0.1) is 0 Å². The summed E-state index contributed by atoms with van der Waals surface area (Å²) in [6.07, 6.45) is 3.17. The molecule has 1 aliphatic rings. The Labute approximate surface area is 69.9 Å². The van der Waals surface area contributed by atoms with Crippen molar-refractivity contribution in [2.75, 3.05) is 7.11 Å². The quantitative estimate of drug-likeness (QED) is 0.694. The van der Waals surface area contributed by atoms with Crippen LogP contribution in [0.3, 0.4) is 0 Å². The van der Waals surface area contributed by atoms with Gasteiger partial charge in [0, 0.05) is 0 Å². The van der Waals surface area contributed by atoms with Crippen LogP contribution in [-0.4, -0.2) is 17.3 Å². The zero-order valence-electron chi connectivity index (χ0n) is 6.91. The van der Waals surface area contributed by atoms with Gasteiger partial charge in [-0.1, -0.05) is 5.16 Å². The molecule has 0 bridgehead atoms. The zero-order chi connectivity index (χ0) is 8.60. The molecule has 0 amide bonds. The first kappa shape index (κ1) is 7.54. The Hall–Kier alpha value is -1.10. The van der Waals surface area contributed by atoms with Crippen LogP contribution in [-0.2, 0) is 5.54 Å². The van der Waals surface area contributed by atoms with E-state index in [1.165, 1.54) is 7.11 Å². The van der Waals surface area contributed by atoms with Crippen molar-refractivity contribution in [2.45, 2.75) is 24.8 Å². The number of hydrogen-bond acceptors (Lipinski definition) is 5. The van der Waals surface area contributed by atoms with E-state index in [-0.39, 0.29) is 11.6 Å². The van der Waals surface area contributed by atoms with Crippen molar-refractivity contribution >= 4 is 0 Å². The lowest BCUT2D eigenvalue weighted by Crippen LogP contribution is -2.44. The number of methoxy groups -OCH3 is 1. The third kappa shape index (κ3) is 0.972. The van der Waals surface area contributed by atoms with E-state index in [9.17, 15) is 0 Å². The first-order valence-corrected chi connectivity index (χ1v) is 3.92. The maximum atomic E-state index is 5.95. The third-order valence-corrected chi connectivity index (χ3v) is 2.27. The summed E-state index contributed by atoms with van der Waals surface area (Å²) < 4.78 is 9.54. The van der Waals surface area contributed by atoms with E-state index in [2.05, 4.69) is 10.1 Å². The zero-order valence-corrected chi connectivity index (χ0v) is 6.91. The molecule has 0 unspecified atom stereocenters. The third-order valence-electron chi connectivity index (χ3n) is 2.27. The fourth-order valence-corrected chi connectivity index (χ4v) is 1.28. The van der Waals surface area contributed by atoms with Crippen molar-refractivity contribution in [3.8, 4) is 6.08 Å². The summed E-state index contributed by atoms with van der Waals surface area (Å²) in [4.78, 5) is 4.00. The van der Waals surface area contributed by atoms with Gasteiger partial charge in [0.25, 0.3) is 0 Å². The summed E-state index contributed by atoms with van der Waals surface area (Å²) in [5.74, 6) is 0.561. The number of aromatic nitrogens is 2. The minimum Gasteiger partial charge on any atom is -0.452 e. The molecule has 1 saturated carbocycles. The van der Waals surface area contributed by atoms with Gasteiger partial charge < -0.3 is 10.5 Å². The second kappa shape index (κ2) is 2.45. The van der Waals surface area contributed by atoms with Crippen LogP contribution in [0.1, 0.15) is 25.1 Å². The predicted octanol–water partition coefficient (Wildman–Crippen LogP) is 0.416. The number of nitrogens with zero attached hydrogens (tertiary/aromatic N) is 2. The SMILES string of the molecule is COc1nc(C2(N)CCC2)no1. The van der Waals surface area contributed by atoms with Crippen molar-refractivity contribution < 1.29 is 9.26 Å². The fraction of sp³-hybridized carbons (Fsp3) is 0.714. The largest absolute Gasteiger partial charge is 0.452 e. The Kier molecular flexibility index (Phi) is 1.54. The number of hydrogen-bond donors (Lipinski definition) is 1. The molecule has 1 aromatic rings. The van der Waals surface area contributed by atoms with Gasteiger partial charge in [-0.05, 0) is 19.3 Å². The summed E-state index contributed by atoms with van der Waals surface area (Å²) in [6, 6.07) is 0. The molecule has 0 saturated heterocycles. The first-order valence-electron chi connectivity index (χ1n) is 3.92. The lowest BCUT2D eigenvalue weighted by Gasteiger charge is -2.34. The fourth-order valence-electron chi connectivity index (χ4n) is 1.28. The normalized spacial score (nSPS) is 20.2. The number of rotatable bonds is 2. The maximum absolute atomic E-state index is 5.95. The standard InChI is InChI=1S/C7H11N3O2/c1-11-6-9-5(10-12-6)7(8)3-2-4-7/h2-4,8H2,1H3. The number of nitrogens with two attached hydrogens (primary N) is 1. The van der Waals surface area contributed by atoms with Crippen LogP contribution >= 0.6 is 0 Å². The highest BCUT2D eigenvalue weighted by atomic mass is 16.6. The Morgan fingerprint density at radius 3 is 2.75 bits per heavy atom. The molecule has 1 aliphatic carbocycles. The summed E-state index contributed by atoms with van der Waals surface area (Å²) >= 11 is 0. The number of ether oxygens (including phenoxy) is 1. The molecule has 2 N–H and O–H groups in total. The van der Waals surface area contributed by atoms with Crippen LogP contribution in [0.15, 0.2) is 4.52 Å². The van der Waals surface area contributed by atoms with Crippen molar-refractivity contribution in [1.82, 2.24) is 10.1 Å². The lowest BCUT2D eigenvalue weighted by atomic mass is 9.77. The van der Waals surface area contributed by atoms with Gasteiger partial charge in [-0.3, -0.25) is 4.52 Å². The highest BCUT2D eigenvalue weighted by molar-refractivity contribution is 5.09. The van der Waals surface area contributed by atoms with Crippen LogP contribution in [0.4, 0.5) is 0 Å². The molecule has 5 nitrogen and oxygen atoms in total. The predicted molar refractivity (Wildman–Crippen MR) is 40.6 cm³/mol. The molecule has 5 heteroatoms. The average Bonchev–Trinajstić information content (AvgIpc) is 2.48. The van der Waals surface area contributed by atoms with Crippen molar-refractivity contribution in [3.05, 3.63) is 5.82 Å². The van der Waals surface area contributed by atoms with E-state index in [1.54, 1.807) is 0 Å². The minimum atomic E-state index is -0.361. The molecule has 1 aromatic heterocycles. The smallest absolute Gasteiger partial charge is 0.417 e. The molecule has 2 rings (SSSR count). The molecule has 0 radical (unpaired) electrons. The van der Waals surface area contributed by atoms with Gasteiger partial charge in [-0.2, -0.15) is 4.98 Å². The van der Waals surface area contributed by atoms with Crippen LogP contribution in [0.2, 0.25) is 0 Å². The summed E-state index contributed by atoms with van der Waals surface area (Å²) in [5, 5.41) is 3.74. The Morgan fingerprint density at radius 1 is 1.58 bits per heavy atom. The molecule has 0 spiro atoms. The van der Waals surface area contributed by atoms with Gasteiger partial charge in [0.05, 0.1) is 12.6 Å². The maximum Gasteiger partial charge on any atom is 0.417 e. The molecule has 1 fully saturated rings. The van der Waals surface area contributed by atoms with E-state index in [4.69, 9.17) is 15.0 Å². The highest BCUT2D eigenvalue weighted by Gasteiger charge is 2.39. The Morgan fingerprint density at radius 2 is 2.33 bits per heavy atom. The van der Waals surface area contributed by atoms with Gasteiger partial charge >= 0.3 is 6.08 Å². The van der Waals surface area contributed by atoms with Gasteiger partial charge in [-0.25, -0.2) is 0 Å². The molecule has 0 aromatic carbocycles. The van der Waals surface area contributed by atoms with Crippen LogP contribution < -0.4 is 10.5 Å². The van der Waals surface area contributed by atoms with Gasteiger partial charge in [0.15, 0.2) is 5.82 Å². The van der Waals surface area contributed by atoms with E-state index >= 15 is 0 Å². The summed E-state index contributed by atoms with van der Waals surface area (Å²) in [6.45, 7) is 0. The molecule has 0 atom stereocenters. The van der Waals surface area contributed by atoms with Crippen molar-refractivity contribution in [3.63, 3.8) is 0 Å². The van der Waals surface area contributed by atoms with Gasteiger partial charge in [0.1, 0.15) is 0 Å². The van der Waals surface area contributed by atoms with Gasteiger partial charge in [0.2, 0.25) is 0 Å². The second-order valence-electron chi connectivity index (χ2n) is 3.10. The van der Waals surface area contributed by atoms with Crippen molar-refractivity contribution in [2.24, 2.45) is 5.73 Å². The molecule has 0 aliphatic heterocycles. The minimum absolute atomic E-state index is 0.182. The van der Waals surface area contributed by atoms with E-state index in [1.807, 2.05) is 0 Å². The van der Waals surface area contributed by atoms with E-state index in [0.717, 1.165) is 19.3 Å². The summed E-state index contributed by atoms with van der Waals surface area (Å²) in [5.41, 5.74) is 5.59. The van der Waals surface area contributed by atoms with Crippen LogP contribution in [0.25, 0.3) is 0 Å². The monoisotopic (exact) mass is 169 g/mol. The Bertz CT molecular complexity index is 280. The van der Waals surface area contributed by atoms with E-state index < -0.39 is 0 Å². The highest BCUT2D eigenvalue weighted by Crippen LogP contribution is 2.37. The lowest BCUT2D eigenvalue weighted by molar-refractivity contribution is 0.222. The van der Waals surface area contributed by atoms with Crippen LogP contribution in [0.5, 0.6) is 6.08 Å². The second-order valence-corrected chi connectivity index (χ2v) is 3.10. The van der Waals surface area contributed by atoms with E-state index in [0.29, 0.717) is 5.82 Å². The average molecular weight is 169 g/mol. The Balaban J connectivity index is 2.22. The van der Waals surface area contributed by atoms with Crippen molar-refractivity contribution in [1.29, 1.82) is 0 Å². The van der Waals surface area contributed by atoms with Gasteiger partial charge in [-0.15, -0.1) is 0 Å². The molecule has 1 heterocycles. The molecule has 12 heavy (non-hydrogen) atoms. The molecule has 66 valence electrons. The first-order chi connectivity index (χ1) is 5.74. The topological polar surface area (TPSA) is 74.2 Å².